The molecule has 0 saturated carbocycles. The van der Waals surface area contributed by atoms with Crippen LogP contribution in [0.2, 0.25) is 0 Å². The first-order valence-corrected chi connectivity index (χ1v) is 10.4. The SMILES string of the molecule is COC(=O)c1ccc(C(C)N2CCN(Cc3ccc(OC)c(OC)c3OC)CC2)cc1.Cl. The number of ether oxygens (including phenoxy) is 4. The highest BCUT2D eigenvalue weighted by atomic mass is 35.5. The zero-order chi connectivity index (χ0) is 22.4. The molecule has 1 aliphatic rings. The summed E-state index contributed by atoms with van der Waals surface area (Å²) < 4.78 is 21.3. The standard InChI is InChI=1S/C24H32N2O5.ClH/c1-17(18-6-8-19(9-7-18)24(27)31-5)26-14-12-25(13-15-26)16-20-10-11-21(28-2)23(30-4)22(20)29-3;/h6-11,17H,12-16H2,1-5H3;1H. The van der Waals surface area contributed by atoms with E-state index in [0.29, 0.717) is 17.1 Å². The molecule has 1 atom stereocenters. The van der Waals surface area contributed by atoms with E-state index in [0.717, 1.165) is 44.0 Å². The molecular formula is C24H33ClN2O5. The Hall–Kier alpha value is -2.48. The molecule has 3 rings (SSSR count). The van der Waals surface area contributed by atoms with Crippen molar-refractivity contribution in [1.29, 1.82) is 0 Å². The second-order valence-corrected chi connectivity index (χ2v) is 7.60. The van der Waals surface area contributed by atoms with Crippen LogP contribution < -0.4 is 14.2 Å². The molecule has 32 heavy (non-hydrogen) atoms. The molecule has 0 aromatic heterocycles. The van der Waals surface area contributed by atoms with E-state index in [4.69, 9.17) is 18.9 Å². The van der Waals surface area contributed by atoms with Crippen molar-refractivity contribution in [3.05, 3.63) is 53.1 Å². The summed E-state index contributed by atoms with van der Waals surface area (Å²) in [6, 6.07) is 11.9. The van der Waals surface area contributed by atoms with Gasteiger partial charge in [0.2, 0.25) is 5.75 Å². The molecule has 1 aliphatic heterocycles. The Balaban J connectivity index is 0.00000363. The molecule has 0 radical (unpaired) electrons. The van der Waals surface area contributed by atoms with Crippen LogP contribution in [-0.4, -0.2) is 70.4 Å². The van der Waals surface area contributed by atoms with E-state index in [-0.39, 0.29) is 24.4 Å². The first-order chi connectivity index (χ1) is 15.0. The molecule has 2 aromatic rings. The zero-order valence-corrected chi connectivity index (χ0v) is 20.2. The van der Waals surface area contributed by atoms with Crippen molar-refractivity contribution in [3.8, 4) is 17.2 Å². The van der Waals surface area contributed by atoms with Gasteiger partial charge in [0.15, 0.2) is 11.5 Å². The Morgan fingerprint density at radius 3 is 2.03 bits per heavy atom. The van der Waals surface area contributed by atoms with E-state index in [1.807, 2.05) is 36.4 Å². The van der Waals surface area contributed by atoms with Crippen LogP contribution >= 0.6 is 12.4 Å². The topological polar surface area (TPSA) is 60.5 Å². The Labute approximate surface area is 196 Å². The average molecular weight is 465 g/mol. The third kappa shape index (κ3) is 5.65. The van der Waals surface area contributed by atoms with Crippen LogP contribution in [0.3, 0.4) is 0 Å². The highest BCUT2D eigenvalue weighted by molar-refractivity contribution is 5.89. The molecule has 0 N–H and O–H groups in total. The van der Waals surface area contributed by atoms with E-state index in [2.05, 4.69) is 16.7 Å². The van der Waals surface area contributed by atoms with Crippen molar-refractivity contribution in [3.63, 3.8) is 0 Å². The van der Waals surface area contributed by atoms with Gasteiger partial charge in [-0.3, -0.25) is 9.80 Å². The van der Waals surface area contributed by atoms with Crippen LogP contribution in [0.1, 0.15) is 34.5 Å². The van der Waals surface area contributed by atoms with Gasteiger partial charge >= 0.3 is 5.97 Å². The predicted octanol–water partition coefficient (Wildman–Crippen LogP) is 3.80. The van der Waals surface area contributed by atoms with Crippen molar-refractivity contribution in [2.75, 3.05) is 54.6 Å². The molecule has 176 valence electrons. The smallest absolute Gasteiger partial charge is 0.337 e. The Bertz CT molecular complexity index is 883. The number of esters is 1. The second kappa shape index (κ2) is 11.9. The summed E-state index contributed by atoms with van der Waals surface area (Å²) in [4.78, 5) is 16.5. The van der Waals surface area contributed by atoms with E-state index >= 15 is 0 Å². The minimum atomic E-state index is -0.307. The lowest BCUT2D eigenvalue weighted by atomic mass is 10.0. The predicted molar refractivity (Wildman–Crippen MR) is 126 cm³/mol. The molecule has 0 amide bonds. The first-order valence-electron chi connectivity index (χ1n) is 10.4. The largest absolute Gasteiger partial charge is 0.493 e. The lowest BCUT2D eigenvalue weighted by molar-refractivity contribution is 0.0600. The number of rotatable bonds is 8. The van der Waals surface area contributed by atoms with Crippen LogP contribution in [0.15, 0.2) is 36.4 Å². The number of hydrogen-bond acceptors (Lipinski definition) is 7. The van der Waals surface area contributed by atoms with E-state index in [9.17, 15) is 4.79 Å². The van der Waals surface area contributed by atoms with Crippen LogP contribution in [0.5, 0.6) is 17.2 Å². The van der Waals surface area contributed by atoms with Crippen LogP contribution in [0.4, 0.5) is 0 Å². The fourth-order valence-electron chi connectivity index (χ4n) is 4.06. The minimum Gasteiger partial charge on any atom is -0.493 e. The molecule has 8 heteroatoms. The first kappa shape index (κ1) is 25.8. The number of methoxy groups -OCH3 is 4. The molecule has 1 fully saturated rings. The van der Waals surface area contributed by atoms with Gasteiger partial charge in [0.25, 0.3) is 0 Å². The molecule has 0 bridgehead atoms. The van der Waals surface area contributed by atoms with Crippen molar-refractivity contribution in [1.82, 2.24) is 9.80 Å². The number of hydrogen-bond donors (Lipinski definition) is 0. The summed E-state index contributed by atoms with van der Waals surface area (Å²) in [5, 5.41) is 0. The van der Waals surface area contributed by atoms with Crippen LogP contribution in [0, 0.1) is 0 Å². The molecule has 1 unspecified atom stereocenters. The van der Waals surface area contributed by atoms with E-state index in [1.54, 1.807) is 21.3 Å². The quantitative estimate of drug-likeness (QED) is 0.550. The summed E-state index contributed by atoms with van der Waals surface area (Å²) in [7, 11) is 6.31. The summed E-state index contributed by atoms with van der Waals surface area (Å²) in [6.45, 7) is 6.86. The highest BCUT2D eigenvalue weighted by Gasteiger charge is 2.24. The maximum absolute atomic E-state index is 11.6. The molecule has 7 nitrogen and oxygen atoms in total. The highest BCUT2D eigenvalue weighted by Crippen LogP contribution is 2.40. The van der Waals surface area contributed by atoms with Crippen molar-refractivity contribution >= 4 is 18.4 Å². The molecule has 0 spiro atoms. The minimum absolute atomic E-state index is 0. The van der Waals surface area contributed by atoms with Gasteiger partial charge in [-0.1, -0.05) is 18.2 Å². The summed E-state index contributed by atoms with van der Waals surface area (Å²) in [5.41, 5.74) is 2.86. The molecule has 1 heterocycles. The lowest BCUT2D eigenvalue weighted by Gasteiger charge is -2.38. The fraction of sp³-hybridized carbons (Fsp3) is 0.458. The van der Waals surface area contributed by atoms with Gasteiger partial charge in [-0.15, -0.1) is 12.4 Å². The number of benzene rings is 2. The van der Waals surface area contributed by atoms with E-state index in [1.165, 1.54) is 12.7 Å². The number of nitrogens with zero attached hydrogens (tertiary/aromatic N) is 2. The third-order valence-corrected chi connectivity index (χ3v) is 5.95. The number of halogens is 1. The Morgan fingerprint density at radius 1 is 0.875 bits per heavy atom. The van der Waals surface area contributed by atoms with Gasteiger partial charge in [0.05, 0.1) is 34.0 Å². The van der Waals surface area contributed by atoms with Crippen LogP contribution in [0.25, 0.3) is 0 Å². The van der Waals surface area contributed by atoms with Crippen molar-refractivity contribution in [2.24, 2.45) is 0 Å². The lowest BCUT2D eigenvalue weighted by Crippen LogP contribution is -2.46. The van der Waals surface area contributed by atoms with E-state index < -0.39 is 0 Å². The normalized spacial score (nSPS) is 15.4. The fourth-order valence-corrected chi connectivity index (χ4v) is 4.06. The molecule has 1 saturated heterocycles. The maximum Gasteiger partial charge on any atom is 0.337 e. The molecule has 2 aromatic carbocycles. The third-order valence-electron chi connectivity index (χ3n) is 5.95. The van der Waals surface area contributed by atoms with Crippen molar-refractivity contribution < 1.29 is 23.7 Å². The van der Waals surface area contributed by atoms with Gasteiger partial charge in [-0.2, -0.15) is 0 Å². The Morgan fingerprint density at radius 2 is 1.50 bits per heavy atom. The monoisotopic (exact) mass is 464 g/mol. The summed E-state index contributed by atoms with van der Waals surface area (Å²) >= 11 is 0. The van der Waals surface area contributed by atoms with Gasteiger partial charge in [0.1, 0.15) is 0 Å². The van der Waals surface area contributed by atoms with Gasteiger partial charge < -0.3 is 18.9 Å². The second-order valence-electron chi connectivity index (χ2n) is 7.60. The van der Waals surface area contributed by atoms with Gasteiger partial charge in [-0.05, 0) is 30.7 Å². The summed E-state index contributed by atoms with van der Waals surface area (Å²) in [6.07, 6.45) is 0. The maximum atomic E-state index is 11.6. The molecular weight excluding hydrogens is 432 g/mol. The average Bonchev–Trinajstić information content (AvgIpc) is 2.83. The number of piperazine rings is 1. The van der Waals surface area contributed by atoms with Gasteiger partial charge in [-0.25, -0.2) is 4.79 Å². The van der Waals surface area contributed by atoms with Crippen LogP contribution in [-0.2, 0) is 11.3 Å². The zero-order valence-electron chi connectivity index (χ0n) is 19.4. The van der Waals surface area contributed by atoms with Crippen molar-refractivity contribution in [2.45, 2.75) is 19.5 Å². The summed E-state index contributed by atoms with van der Waals surface area (Å²) in [5.74, 6) is 1.71. The Kier molecular flexibility index (Phi) is 9.62. The van der Waals surface area contributed by atoms with Gasteiger partial charge in [0, 0.05) is 44.3 Å². The number of carbonyl (C=O) groups excluding carboxylic acids is 1. The number of carbonyl (C=O) groups is 1. The molecule has 0 aliphatic carbocycles.